The van der Waals surface area contributed by atoms with Gasteiger partial charge in [0.25, 0.3) is 5.91 Å². The fourth-order valence-electron chi connectivity index (χ4n) is 4.16. The van der Waals surface area contributed by atoms with Gasteiger partial charge in [0.15, 0.2) is 0 Å². The van der Waals surface area contributed by atoms with Gasteiger partial charge in [0.2, 0.25) is 0 Å². The molecule has 0 bridgehead atoms. The van der Waals surface area contributed by atoms with Gasteiger partial charge in [-0.3, -0.25) is 9.36 Å². The number of fused-ring (bicyclic) bond motifs is 1. The molecule has 1 saturated heterocycles. The number of hydrogen-bond acceptors (Lipinski definition) is 5. The van der Waals surface area contributed by atoms with Crippen LogP contribution < -0.4 is 21.5 Å². The number of amides is 1. The zero-order valence-electron chi connectivity index (χ0n) is 17.6. The normalized spacial score (nSPS) is 14.9. The SMILES string of the molecule is COc1cc(N)ccc1C(=O)NCCN1CCC(n2c(=O)[nH]c3ccccc32)CC1.O. The van der Waals surface area contributed by atoms with Gasteiger partial charge in [0.1, 0.15) is 5.75 Å². The number of hydrogen-bond donors (Lipinski definition) is 3. The molecular formula is C22H29N5O4. The summed E-state index contributed by atoms with van der Waals surface area (Å²) in [6, 6.07) is 13.0. The monoisotopic (exact) mass is 427 g/mol. The van der Waals surface area contributed by atoms with Crippen molar-refractivity contribution in [3.63, 3.8) is 0 Å². The van der Waals surface area contributed by atoms with E-state index in [9.17, 15) is 9.59 Å². The summed E-state index contributed by atoms with van der Waals surface area (Å²) in [5.41, 5.74) is 8.58. The van der Waals surface area contributed by atoms with Gasteiger partial charge in [-0.1, -0.05) is 12.1 Å². The fourth-order valence-corrected chi connectivity index (χ4v) is 4.16. The molecule has 0 spiro atoms. The van der Waals surface area contributed by atoms with Crippen molar-refractivity contribution in [3.8, 4) is 5.75 Å². The molecule has 1 aromatic heterocycles. The van der Waals surface area contributed by atoms with Crippen molar-refractivity contribution in [2.75, 3.05) is 39.0 Å². The van der Waals surface area contributed by atoms with E-state index >= 15 is 0 Å². The lowest BCUT2D eigenvalue weighted by Gasteiger charge is -2.32. The van der Waals surface area contributed by atoms with Crippen molar-refractivity contribution in [3.05, 3.63) is 58.5 Å². The molecule has 2 aromatic carbocycles. The summed E-state index contributed by atoms with van der Waals surface area (Å²) in [6.07, 6.45) is 1.81. The molecule has 0 radical (unpaired) electrons. The summed E-state index contributed by atoms with van der Waals surface area (Å²) in [4.78, 5) is 30.1. The average molecular weight is 428 g/mol. The third-order valence-corrected chi connectivity index (χ3v) is 5.73. The van der Waals surface area contributed by atoms with Crippen LogP contribution >= 0.6 is 0 Å². The number of carbonyl (C=O) groups is 1. The number of benzene rings is 2. The maximum absolute atomic E-state index is 12.5. The van der Waals surface area contributed by atoms with Gasteiger partial charge in [0, 0.05) is 44.0 Å². The Bertz CT molecular complexity index is 1100. The molecule has 1 amide bonds. The highest BCUT2D eigenvalue weighted by Crippen LogP contribution is 2.25. The molecule has 0 saturated carbocycles. The molecule has 0 unspecified atom stereocenters. The third kappa shape index (κ3) is 4.73. The number of aromatic amines is 1. The Morgan fingerprint density at radius 2 is 1.97 bits per heavy atom. The predicted molar refractivity (Wildman–Crippen MR) is 121 cm³/mol. The van der Waals surface area contributed by atoms with Gasteiger partial charge < -0.3 is 31.1 Å². The number of para-hydroxylation sites is 2. The summed E-state index contributed by atoms with van der Waals surface area (Å²) in [5, 5.41) is 2.95. The van der Waals surface area contributed by atoms with Gasteiger partial charge in [0.05, 0.1) is 23.7 Å². The van der Waals surface area contributed by atoms with E-state index in [2.05, 4.69) is 15.2 Å². The number of nitrogens with two attached hydrogens (primary N) is 1. The first-order valence-electron chi connectivity index (χ1n) is 10.2. The van der Waals surface area contributed by atoms with Crippen LogP contribution in [0.15, 0.2) is 47.3 Å². The van der Waals surface area contributed by atoms with Gasteiger partial charge in [-0.25, -0.2) is 4.79 Å². The minimum atomic E-state index is -0.174. The van der Waals surface area contributed by atoms with E-state index in [1.54, 1.807) is 18.2 Å². The van der Waals surface area contributed by atoms with E-state index in [1.165, 1.54) is 7.11 Å². The first kappa shape index (κ1) is 22.4. The van der Waals surface area contributed by atoms with Crippen molar-refractivity contribution >= 4 is 22.6 Å². The Morgan fingerprint density at radius 1 is 1.23 bits per heavy atom. The van der Waals surface area contributed by atoms with E-state index in [4.69, 9.17) is 10.5 Å². The molecule has 0 atom stereocenters. The molecule has 9 nitrogen and oxygen atoms in total. The molecule has 4 rings (SSSR count). The predicted octanol–water partition coefficient (Wildman–Crippen LogP) is 1.16. The molecule has 3 aromatic rings. The van der Waals surface area contributed by atoms with Crippen LogP contribution in [-0.2, 0) is 0 Å². The standard InChI is InChI=1S/C22H27N5O3.H2O/c1-30-20-14-15(23)6-7-17(20)21(28)24-10-13-26-11-8-16(9-12-26)27-19-5-3-2-4-18(19)25-22(27)29;/h2-7,14,16H,8-13,23H2,1H3,(H,24,28)(H,25,29);1H2. The van der Waals surface area contributed by atoms with Crippen LogP contribution in [0.25, 0.3) is 11.0 Å². The second-order valence-corrected chi connectivity index (χ2v) is 7.61. The van der Waals surface area contributed by atoms with Crippen LogP contribution in [0.3, 0.4) is 0 Å². The molecule has 1 aliphatic heterocycles. The van der Waals surface area contributed by atoms with Crippen molar-refractivity contribution in [1.29, 1.82) is 0 Å². The summed E-state index contributed by atoms with van der Waals surface area (Å²) >= 11 is 0. The number of H-pyrrole nitrogens is 1. The Kier molecular flexibility index (Phi) is 6.98. The number of nitrogens with one attached hydrogen (secondary N) is 2. The molecule has 1 fully saturated rings. The van der Waals surface area contributed by atoms with Gasteiger partial charge in [-0.2, -0.15) is 0 Å². The number of piperidine rings is 1. The molecular weight excluding hydrogens is 398 g/mol. The Hall–Kier alpha value is -3.30. The quantitative estimate of drug-likeness (QED) is 0.507. The number of aromatic nitrogens is 2. The van der Waals surface area contributed by atoms with Crippen LogP contribution in [0.2, 0.25) is 0 Å². The van der Waals surface area contributed by atoms with E-state index in [0.29, 0.717) is 23.5 Å². The average Bonchev–Trinajstić information content (AvgIpc) is 3.09. The fraction of sp³-hybridized carbons (Fsp3) is 0.364. The van der Waals surface area contributed by atoms with Crippen LogP contribution in [0.4, 0.5) is 5.69 Å². The second kappa shape index (κ2) is 9.67. The number of nitrogen functional groups attached to an aromatic ring is 1. The lowest BCUT2D eigenvalue weighted by Crippen LogP contribution is -2.41. The number of imidazole rings is 1. The molecule has 0 aliphatic carbocycles. The lowest BCUT2D eigenvalue weighted by molar-refractivity contribution is 0.0941. The Balaban J connectivity index is 0.00000272. The second-order valence-electron chi connectivity index (χ2n) is 7.61. The van der Waals surface area contributed by atoms with Gasteiger partial charge in [-0.05, 0) is 37.1 Å². The lowest BCUT2D eigenvalue weighted by atomic mass is 10.0. The minimum Gasteiger partial charge on any atom is -0.496 e. The summed E-state index contributed by atoms with van der Waals surface area (Å²) < 4.78 is 7.14. The highest BCUT2D eigenvalue weighted by Gasteiger charge is 2.23. The smallest absolute Gasteiger partial charge is 0.326 e. The maximum atomic E-state index is 12.5. The summed E-state index contributed by atoms with van der Waals surface area (Å²) in [6.45, 7) is 3.08. The number of likely N-dealkylation sites (tertiary alicyclic amines) is 1. The largest absolute Gasteiger partial charge is 0.496 e. The molecule has 9 heteroatoms. The first-order valence-corrected chi connectivity index (χ1v) is 10.2. The number of anilines is 1. The van der Waals surface area contributed by atoms with Crippen molar-refractivity contribution in [2.45, 2.75) is 18.9 Å². The van der Waals surface area contributed by atoms with E-state index in [-0.39, 0.29) is 23.1 Å². The van der Waals surface area contributed by atoms with Crippen molar-refractivity contribution in [2.24, 2.45) is 0 Å². The zero-order chi connectivity index (χ0) is 21.1. The Morgan fingerprint density at radius 3 is 2.71 bits per heavy atom. The molecule has 166 valence electrons. The first-order chi connectivity index (χ1) is 14.6. The summed E-state index contributed by atoms with van der Waals surface area (Å²) in [7, 11) is 1.52. The number of carbonyl (C=O) groups excluding carboxylic acids is 1. The number of methoxy groups -OCH3 is 1. The topological polar surface area (TPSA) is 137 Å². The van der Waals surface area contributed by atoms with Crippen LogP contribution in [0.5, 0.6) is 5.75 Å². The van der Waals surface area contributed by atoms with Crippen LogP contribution in [0.1, 0.15) is 29.2 Å². The molecule has 31 heavy (non-hydrogen) atoms. The van der Waals surface area contributed by atoms with Crippen LogP contribution in [0, 0.1) is 0 Å². The summed E-state index contributed by atoms with van der Waals surface area (Å²) in [5.74, 6) is 0.296. The van der Waals surface area contributed by atoms with Crippen LogP contribution in [-0.4, -0.2) is 59.1 Å². The maximum Gasteiger partial charge on any atom is 0.326 e. The molecule has 2 heterocycles. The highest BCUT2D eigenvalue weighted by atomic mass is 16.5. The minimum absolute atomic E-state index is 0. The number of nitrogens with zero attached hydrogens (tertiary/aromatic N) is 2. The van der Waals surface area contributed by atoms with E-state index in [1.807, 2.05) is 28.8 Å². The number of rotatable bonds is 6. The zero-order valence-corrected chi connectivity index (χ0v) is 17.6. The van der Waals surface area contributed by atoms with Crippen molar-refractivity contribution < 1.29 is 15.0 Å². The molecule has 6 N–H and O–H groups in total. The molecule has 1 aliphatic rings. The van der Waals surface area contributed by atoms with Gasteiger partial charge in [-0.15, -0.1) is 0 Å². The Labute approximate surface area is 180 Å². The van der Waals surface area contributed by atoms with E-state index < -0.39 is 0 Å². The van der Waals surface area contributed by atoms with Crippen molar-refractivity contribution in [1.82, 2.24) is 19.8 Å². The van der Waals surface area contributed by atoms with E-state index in [0.717, 1.165) is 43.5 Å². The highest BCUT2D eigenvalue weighted by molar-refractivity contribution is 5.97. The van der Waals surface area contributed by atoms with Gasteiger partial charge >= 0.3 is 5.69 Å². The third-order valence-electron chi connectivity index (χ3n) is 5.73. The number of ether oxygens (including phenoxy) is 1.